The van der Waals surface area contributed by atoms with Crippen molar-refractivity contribution in [2.75, 3.05) is 5.32 Å². The molecule has 122 valence electrons. The SMILES string of the molecule is CC(C)(Oc1ccc(Br)cc1)C(=O)Nc1cccc2ncccc12. The van der Waals surface area contributed by atoms with Gasteiger partial charge in [0, 0.05) is 16.1 Å². The van der Waals surface area contributed by atoms with Gasteiger partial charge in [0.2, 0.25) is 0 Å². The van der Waals surface area contributed by atoms with E-state index in [4.69, 9.17) is 4.74 Å². The van der Waals surface area contributed by atoms with Crippen molar-refractivity contribution >= 4 is 38.4 Å². The molecule has 3 rings (SSSR count). The van der Waals surface area contributed by atoms with Crippen LogP contribution in [0.1, 0.15) is 13.8 Å². The number of hydrogen-bond donors (Lipinski definition) is 1. The number of aromatic nitrogens is 1. The summed E-state index contributed by atoms with van der Waals surface area (Å²) in [6.45, 7) is 3.49. The van der Waals surface area contributed by atoms with Crippen molar-refractivity contribution in [1.82, 2.24) is 4.98 Å². The first-order valence-corrected chi connectivity index (χ1v) is 8.35. The molecule has 1 N–H and O–H groups in total. The molecule has 0 saturated heterocycles. The van der Waals surface area contributed by atoms with Gasteiger partial charge in [0.25, 0.3) is 5.91 Å². The predicted molar refractivity (Wildman–Crippen MR) is 99.2 cm³/mol. The number of rotatable bonds is 4. The highest BCUT2D eigenvalue weighted by atomic mass is 79.9. The minimum atomic E-state index is -1.02. The Morgan fingerprint density at radius 1 is 1.08 bits per heavy atom. The van der Waals surface area contributed by atoms with Crippen LogP contribution >= 0.6 is 15.9 Å². The Kier molecular flexibility index (Phi) is 4.53. The van der Waals surface area contributed by atoms with Gasteiger partial charge in [-0.25, -0.2) is 0 Å². The van der Waals surface area contributed by atoms with E-state index >= 15 is 0 Å². The van der Waals surface area contributed by atoms with Crippen LogP contribution in [0.3, 0.4) is 0 Å². The molecule has 1 heterocycles. The molecule has 0 atom stereocenters. The molecule has 0 saturated carbocycles. The number of anilines is 1. The van der Waals surface area contributed by atoms with Gasteiger partial charge in [-0.05, 0) is 62.4 Å². The maximum atomic E-state index is 12.7. The zero-order valence-electron chi connectivity index (χ0n) is 13.4. The summed E-state index contributed by atoms with van der Waals surface area (Å²) >= 11 is 3.38. The normalized spacial score (nSPS) is 11.3. The van der Waals surface area contributed by atoms with Crippen LogP contribution in [-0.2, 0) is 4.79 Å². The smallest absolute Gasteiger partial charge is 0.267 e. The van der Waals surface area contributed by atoms with Crippen LogP contribution in [0.15, 0.2) is 65.3 Å². The molecule has 1 amide bonds. The largest absolute Gasteiger partial charge is 0.478 e. The quantitative estimate of drug-likeness (QED) is 0.702. The Balaban J connectivity index is 1.81. The van der Waals surface area contributed by atoms with Gasteiger partial charge in [-0.3, -0.25) is 9.78 Å². The first-order chi connectivity index (χ1) is 11.5. The van der Waals surface area contributed by atoms with Crippen molar-refractivity contribution in [3.8, 4) is 5.75 Å². The summed E-state index contributed by atoms with van der Waals surface area (Å²) in [6.07, 6.45) is 1.73. The summed E-state index contributed by atoms with van der Waals surface area (Å²) < 4.78 is 6.81. The zero-order chi connectivity index (χ0) is 17.2. The Morgan fingerprint density at radius 3 is 2.58 bits per heavy atom. The predicted octanol–water partition coefficient (Wildman–Crippen LogP) is 4.79. The summed E-state index contributed by atoms with van der Waals surface area (Å²) in [4.78, 5) is 17.0. The number of pyridine rings is 1. The van der Waals surface area contributed by atoms with Crippen molar-refractivity contribution in [3.63, 3.8) is 0 Å². The number of halogens is 1. The summed E-state index contributed by atoms with van der Waals surface area (Å²) in [7, 11) is 0. The highest BCUT2D eigenvalue weighted by Crippen LogP contribution is 2.25. The number of ether oxygens (including phenoxy) is 1. The van der Waals surface area contributed by atoms with Crippen molar-refractivity contribution in [1.29, 1.82) is 0 Å². The van der Waals surface area contributed by atoms with E-state index < -0.39 is 5.60 Å². The molecule has 5 heteroatoms. The van der Waals surface area contributed by atoms with E-state index in [-0.39, 0.29) is 5.91 Å². The van der Waals surface area contributed by atoms with Crippen LogP contribution in [0.4, 0.5) is 5.69 Å². The molecule has 0 aliphatic heterocycles. The van der Waals surface area contributed by atoms with Crippen LogP contribution in [0.2, 0.25) is 0 Å². The molecule has 24 heavy (non-hydrogen) atoms. The molecule has 0 aliphatic carbocycles. The third-order valence-electron chi connectivity index (χ3n) is 3.63. The van der Waals surface area contributed by atoms with Gasteiger partial charge in [0.15, 0.2) is 5.60 Å². The molecule has 4 nitrogen and oxygen atoms in total. The van der Waals surface area contributed by atoms with E-state index in [1.807, 2.05) is 54.6 Å². The lowest BCUT2D eigenvalue weighted by atomic mass is 10.1. The summed E-state index contributed by atoms with van der Waals surface area (Å²) in [5, 5.41) is 3.84. The molecule has 0 spiro atoms. The fourth-order valence-corrected chi connectivity index (χ4v) is 2.59. The number of carbonyl (C=O) groups excluding carboxylic acids is 1. The van der Waals surface area contributed by atoms with E-state index in [1.165, 1.54) is 0 Å². The van der Waals surface area contributed by atoms with Gasteiger partial charge in [0.05, 0.1) is 11.2 Å². The molecule has 3 aromatic rings. The fourth-order valence-electron chi connectivity index (χ4n) is 2.33. The van der Waals surface area contributed by atoms with Gasteiger partial charge >= 0.3 is 0 Å². The maximum Gasteiger partial charge on any atom is 0.267 e. The van der Waals surface area contributed by atoms with E-state index in [2.05, 4.69) is 26.2 Å². The molecule has 1 aromatic heterocycles. The average molecular weight is 385 g/mol. The number of nitrogens with one attached hydrogen (secondary N) is 1. The molecule has 0 aliphatic rings. The van der Waals surface area contributed by atoms with Crippen LogP contribution < -0.4 is 10.1 Å². The lowest BCUT2D eigenvalue weighted by molar-refractivity contribution is -0.128. The average Bonchev–Trinajstić information content (AvgIpc) is 2.57. The van der Waals surface area contributed by atoms with E-state index in [9.17, 15) is 4.79 Å². The summed E-state index contributed by atoms with van der Waals surface area (Å²) in [5.41, 5.74) is 0.540. The van der Waals surface area contributed by atoms with Crippen molar-refractivity contribution in [3.05, 3.63) is 65.3 Å². The summed E-state index contributed by atoms with van der Waals surface area (Å²) in [5.74, 6) is 0.416. The number of hydrogen-bond acceptors (Lipinski definition) is 3. The van der Waals surface area contributed by atoms with Crippen LogP contribution in [0.25, 0.3) is 10.9 Å². The minimum Gasteiger partial charge on any atom is -0.478 e. The number of amides is 1. The van der Waals surface area contributed by atoms with Gasteiger partial charge in [-0.15, -0.1) is 0 Å². The van der Waals surface area contributed by atoms with Crippen molar-refractivity contribution in [2.45, 2.75) is 19.4 Å². The van der Waals surface area contributed by atoms with Crippen LogP contribution in [0, 0.1) is 0 Å². The zero-order valence-corrected chi connectivity index (χ0v) is 15.0. The molecule has 0 fully saturated rings. The second kappa shape index (κ2) is 6.61. The minimum absolute atomic E-state index is 0.221. The number of fused-ring (bicyclic) bond motifs is 1. The third kappa shape index (κ3) is 3.57. The van der Waals surface area contributed by atoms with Crippen LogP contribution in [0.5, 0.6) is 5.75 Å². The topological polar surface area (TPSA) is 51.2 Å². The van der Waals surface area contributed by atoms with Gasteiger partial charge in [-0.2, -0.15) is 0 Å². The highest BCUT2D eigenvalue weighted by Gasteiger charge is 2.30. The van der Waals surface area contributed by atoms with Gasteiger partial charge in [-0.1, -0.05) is 22.0 Å². The first-order valence-electron chi connectivity index (χ1n) is 7.55. The van der Waals surface area contributed by atoms with Gasteiger partial charge in [0.1, 0.15) is 5.75 Å². The second-order valence-electron chi connectivity index (χ2n) is 5.90. The van der Waals surface area contributed by atoms with E-state index in [1.54, 1.807) is 20.0 Å². The third-order valence-corrected chi connectivity index (χ3v) is 4.16. The number of benzene rings is 2. The lowest BCUT2D eigenvalue weighted by Gasteiger charge is -2.25. The second-order valence-corrected chi connectivity index (χ2v) is 6.81. The van der Waals surface area contributed by atoms with Crippen LogP contribution in [-0.4, -0.2) is 16.5 Å². The van der Waals surface area contributed by atoms with Crippen molar-refractivity contribution < 1.29 is 9.53 Å². The molecule has 0 radical (unpaired) electrons. The number of nitrogens with zero attached hydrogens (tertiary/aromatic N) is 1. The first kappa shape index (κ1) is 16.5. The molecule has 0 unspecified atom stereocenters. The standard InChI is InChI=1S/C19H17BrN2O2/c1-19(2,24-14-10-8-13(20)9-11-14)18(23)22-17-7-3-6-16-15(17)5-4-12-21-16/h3-12H,1-2H3,(H,22,23). The Hall–Kier alpha value is -2.40. The van der Waals surface area contributed by atoms with E-state index in [0.717, 1.165) is 21.1 Å². The summed E-state index contributed by atoms with van der Waals surface area (Å²) in [6, 6.07) is 16.8. The lowest BCUT2D eigenvalue weighted by Crippen LogP contribution is -2.42. The molecular formula is C19H17BrN2O2. The monoisotopic (exact) mass is 384 g/mol. The Labute approximate surface area is 149 Å². The fraction of sp³-hybridized carbons (Fsp3) is 0.158. The molecular weight excluding hydrogens is 368 g/mol. The van der Waals surface area contributed by atoms with Crippen molar-refractivity contribution in [2.24, 2.45) is 0 Å². The highest BCUT2D eigenvalue weighted by molar-refractivity contribution is 9.10. The Morgan fingerprint density at radius 2 is 1.83 bits per heavy atom. The maximum absolute atomic E-state index is 12.7. The Bertz CT molecular complexity index is 871. The molecule has 0 bridgehead atoms. The van der Waals surface area contributed by atoms with Gasteiger partial charge < -0.3 is 10.1 Å². The number of carbonyl (C=O) groups is 1. The molecule has 2 aromatic carbocycles. The van der Waals surface area contributed by atoms with E-state index in [0.29, 0.717) is 5.75 Å².